The fraction of sp³-hybridized carbons (Fsp3) is 0.429. The Morgan fingerprint density at radius 3 is 2.17 bits per heavy atom. The first-order valence-electron chi connectivity index (χ1n) is 10.1. The quantitative estimate of drug-likeness (QED) is 0.655. The van der Waals surface area contributed by atoms with Crippen molar-refractivity contribution < 1.29 is 13.2 Å². The number of nitrogens with zero attached hydrogens (tertiary/aromatic N) is 3. The maximum Gasteiger partial charge on any atom is 0.255 e. The number of sulfonamides is 1. The molecule has 1 amide bonds. The molecule has 0 saturated carbocycles. The van der Waals surface area contributed by atoms with Crippen LogP contribution in [-0.4, -0.2) is 49.4 Å². The summed E-state index contributed by atoms with van der Waals surface area (Å²) in [5, 5.41) is 2.80. The van der Waals surface area contributed by atoms with Gasteiger partial charge in [0.15, 0.2) is 0 Å². The van der Waals surface area contributed by atoms with Gasteiger partial charge in [0.1, 0.15) is 0 Å². The van der Waals surface area contributed by atoms with E-state index < -0.39 is 15.9 Å². The zero-order valence-corrected chi connectivity index (χ0v) is 19.0. The molecule has 1 N–H and O–H groups in total. The number of nitrogens with one attached hydrogen (secondary N) is 1. The fourth-order valence-corrected chi connectivity index (χ4v) is 4.70. The molecule has 0 aliphatic heterocycles. The average Bonchev–Trinajstić information content (AvgIpc) is 2.72. The van der Waals surface area contributed by atoms with Gasteiger partial charge in [-0.1, -0.05) is 13.8 Å². The van der Waals surface area contributed by atoms with Gasteiger partial charge in [-0.05, 0) is 38.1 Å². The molecular weight excluding hydrogens is 404 g/mol. The molecule has 8 nitrogen and oxygen atoms in total. The molecule has 1 aromatic carbocycles. The number of pyridine rings is 1. The summed E-state index contributed by atoms with van der Waals surface area (Å²) in [6, 6.07) is 7.56. The van der Waals surface area contributed by atoms with Crippen LogP contribution in [0.4, 0.5) is 11.4 Å². The smallest absolute Gasteiger partial charge is 0.255 e. The molecule has 0 spiro atoms. The average molecular weight is 435 g/mol. The highest BCUT2D eigenvalue weighted by Crippen LogP contribution is 2.30. The van der Waals surface area contributed by atoms with E-state index in [1.807, 2.05) is 18.7 Å². The first kappa shape index (κ1) is 23.6. The summed E-state index contributed by atoms with van der Waals surface area (Å²) in [6.07, 6.45) is 1.52. The molecule has 1 heterocycles. The van der Waals surface area contributed by atoms with Crippen molar-refractivity contribution in [3.8, 4) is 0 Å². The first-order chi connectivity index (χ1) is 14.2. The third-order valence-electron chi connectivity index (χ3n) is 5.03. The summed E-state index contributed by atoms with van der Waals surface area (Å²) in [4.78, 5) is 26.8. The molecule has 164 valence electrons. The lowest BCUT2D eigenvalue weighted by atomic mass is 10.2. The number of aromatic nitrogens is 1. The Labute approximate surface area is 178 Å². The van der Waals surface area contributed by atoms with E-state index in [1.165, 1.54) is 27.2 Å². The van der Waals surface area contributed by atoms with Crippen LogP contribution in [0.2, 0.25) is 0 Å². The van der Waals surface area contributed by atoms with Gasteiger partial charge in [-0.15, -0.1) is 0 Å². The van der Waals surface area contributed by atoms with Crippen molar-refractivity contribution in [2.75, 3.05) is 36.4 Å². The number of rotatable bonds is 9. The largest absolute Gasteiger partial charge is 0.370 e. The second-order valence-electron chi connectivity index (χ2n) is 6.76. The van der Waals surface area contributed by atoms with Crippen LogP contribution in [0.3, 0.4) is 0 Å². The highest BCUT2D eigenvalue weighted by atomic mass is 32.2. The van der Waals surface area contributed by atoms with Crippen LogP contribution in [0, 0.1) is 0 Å². The molecule has 0 saturated heterocycles. The zero-order valence-electron chi connectivity index (χ0n) is 18.2. The minimum Gasteiger partial charge on any atom is -0.370 e. The van der Waals surface area contributed by atoms with Crippen molar-refractivity contribution in [3.05, 3.63) is 52.4 Å². The summed E-state index contributed by atoms with van der Waals surface area (Å²) in [5.41, 5.74) is 1.01. The summed E-state index contributed by atoms with van der Waals surface area (Å²) >= 11 is 0. The number of carbonyl (C=O) groups is 1. The minimum absolute atomic E-state index is 0.112. The maximum atomic E-state index is 13.0. The number of anilines is 2. The molecule has 0 bridgehead atoms. The SMILES string of the molecule is CCN(CC)c1ccc(S(=O)(=O)N(CC)CC)cc1NC(=O)c1ccn(C)c(=O)c1. The van der Waals surface area contributed by atoms with Gasteiger partial charge in [-0.25, -0.2) is 8.42 Å². The molecule has 9 heteroatoms. The fourth-order valence-electron chi connectivity index (χ4n) is 3.21. The topological polar surface area (TPSA) is 91.7 Å². The van der Waals surface area contributed by atoms with E-state index in [1.54, 1.807) is 39.1 Å². The lowest BCUT2D eigenvalue weighted by Crippen LogP contribution is -2.31. The van der Waals surface area contributed by atoms with Crippen molar-refractivity contribution in [1.82, 2.24) is 8.87 Å². The van der Waals surface area contributed by atoms with Gasteiger partial charge in [0.05, 0.1) is 16.3 Å². The molecule has 0 aliphatic carbocycles. The predicted octanol–water partition coefficient (Wildman–Crippen LogP) is 2.51. The standard InChI is InChI=1S/C21H30N4O4S/c1-6-24(7-2)19-11-10-17(30(28,29)25(8-3)9-4)15-18(19)22-21(27)16-12-13-23(5)20(26)14-16/h10-15H,6-9H2,1-5H3,(H,22,27). The van der Waals surface area contributed by atoms with Crippen molar-refractivity contribution in [1.29, 1.82) is 0 Å². The molecule has 2 aromatic rings. The Balaban J connectivity index is 2.54. The molecule has 1 aromatic heterocycles. The monoisotopic (exact) mass is 434 g/mol. The zero-order chi connectivity index (χ0) is 22.5. The third kappa shape index (κ3) is 4.91. The Morgan fingerprint density at radius 2 is 1.63 bits per heavy atom. The van der Waals surface area contributed by atoms with Crippen molar-refractivity contribution in [2.45, 2.75) is 32.6 Å². The van der Waals surface area contributed by atoms with E-state index in [0.29, 0.717) is 31.9 Å². The molecule has 30 heavy (non-hydrogen) atoms. The van der Waals surface area contributed by atoms with Crippen molar-refractivity contribution in [3.63, 3.8) is 0 Å². The molecule has 0 atom stereocenters. The van der Waals surface area contributed by atoms with Crippen LogP contribution in [-0.2, 0) is 17.1 Å². The van der Waals surface area contributed by atoms with Crippen LogP contribution in [0.5, 0.6) is 0 Å². The number of hydrogen-bond acceptors (Lipinski definition) is 5. The number of hydrogen-bond donors (Lipinski definition) is 1. The maximum absolute atomic E-state index is 13.0. The molecular formula is C21H30N4O4S. The Kier molecular flexibility index (Phi) is 7.80. The second-order valence-corrected chi connectivity index (χ2v) is 8.70. The van der Waals surface area contributed by atoms with Gasteiger partial charge in [0.2, 0.25) is 10.0 Å². The summed E-state index contributed by atoms with van der Waals surface area (Å²) in [5.74, 6) is -0.474. The van der Waals surface area contributed by atoms with Gasteiger partial charge in [0, 0.05) is 51.1 Å². The van der Waals surface area contributed by atoms with E-state index in [2.05, 4.69) is 5.32 Å². The van der Waals surface area contributed by atoms with E-state index in [0.717, 1.165) is 5.69 Å². The van der Waals surface area contributed by atoms with Crippen LogP contribution in [0.25, 0.3) is 0 Å². The Hall–Kier alpha value is -2.65. The highest BCUT2D eigenvalue weighted by Gasteiger charge is 2.24. The second kappa shape index (κ2) is 9.90. The van der Waals surface area contributed by atoms with E-state index >= 15 is 0 Å². The molecule has 0 aliphatic rings. The molecule has 0 fully saturated rings. The van der Waals surface area contributed by atoms with Gasteiger partial charge in [-0.3, -0.25) is 9.59 Å². The van der Waals surface area contributed by atoms with Gasteiger partial charge in [0.25, 0.3) is 11.5 Å². The number of amides is 1. The van der Waals surface area contributed by atoms with Gasteiger partial charge in [-0.2, -0.15) is 4.31 Å². The normalized spacial score (nSPS) is 11.5. The third-order valence-corrected chi connectivity index (χ3v) is 7.08. The Bertz CT molecular complexity index is 1050. The molecule has 0 radical (unpaired) electrons. The van der Waals surface area contributed by atoms with Gasteiger partial charge < -0.3 is 14.8 Å². The summed E-state index contributed by atoms with van der Waals surface area (Å²) < 4.78 is 28.7. The van der Waals surface area contributed by atoms with Crippen molar-refractivity contribution >= 4 is 27.3 Å². The van der Waals surface area contributed by atoms with E-state index in [4.69, 9.17) is 0 Å². The lowest BCUT2D eigenvalue weighted by Gasteiger charge is -2.26. The van der Waals surface area contributed by atoms with Crippen LogP contribution in [0.15, 0.2) is 46.2 Å². The molecule has 0 unspecified atom stereocenters. The van der Waals surface area contributed by atoms with Gasteiger partial charge >= 0.3 is 0 Å². The summed E-state index contributed by atoms with van der Waals surface area (Å²) in [6.45, 7) is 9.61. The number of carbonyl (C=O) groups excluding carboxylic acids is 1. The predicted molar refractivity (Wildman–Crippen MR) is 120 cm³/mol. The van der Waals surface area contributed by atoms with Crippen LogP contribution < -0.4 is 15.8 Å². The highest BCUT2D eigenvalue weighted by molar-refractivity contribution is 7.89. The lowest BCUT2D eigenvalue weighted by molar-refractivity contribution is 0.102. The van der Waals surface area contributed by atoms with Crippen LogP contribution in [0.1, 0.15) is 38.1 Å². The van der Waals surface area contributed by atoms with Crippen molar-refractivity contribution in [2.24, 2.45) is 7.05 Å². The summed E-state index contributed by atoms with van der Waals surface area (Å²) in [7, 11) is -2.08. The van der Waals surface area contributed by atoms with E-state index in [9.17, 15) is 18.0 Å². The first-order valence-corrected chi connectivity index (χ1v) is 11.5. The minimum atomic E-state index is -3.68. The molecule has 2 rings (SSSR count). The van der Waals surface area contributed by atoms with Crippen LogP contribution >= 0.6 is 0 Å². The van der Waals surface area contributed by atoms with E-state index in [-0.39, 0.29) is 16.0 Å². The number of aryl methyl sites for hydroxylation is 1. The number of benzene rings is 1. The Morgan fingerprint density at radius 1 is 1.00 bits per heavy atom.